The Hall–Kier alpha value is -2.49. The molecule has 98 valence electrons. The molecule has 4 heteroatoms. The van der Waals surface area contributed by atoms with Crippen molar-refractivity contribution >= 4 is 11.7 Å². The van der Waals surface area contributed by atoms with Crippen LogP contribution in [0, 0.1) is 13.8 Å². The van der Waals surface area contributed by atoms with E-state index in [1.807, 2.05) is 32.0 Å². The summed E-state index contributed by atoms with van der Waals surface area (Å²) in [6.45, 7) is 3.97. The zero-order valence-corrected chi connectivity index (χ0v) is 10.8. The molecule has 0 radical (unpaired) electrons. The third-order valence-corrected chi connectivity index (χ3v) is 2.81. The Morgan fingerprint density at radius 3 is 2.47 bits per heavy atom. The first-order valence-electron chi connectivity index (χ1n) is 5.85. The summed E-state index contributed by atoms with van der Waals surface area (Å²) in [6.07, 6.45) is 0. The zero-order chi connectivity index (χ0) is 14.0. The summed E-state index contributed by atoms with van der Waals surface area (Å²) >= 11 is 0. The number of aryl methyl sites for hydroxylation is 2. The van der Waals surface area contributed by atoms with Crippen LogP contribution in [-0.2, 0) is 0 Å². The third kappa shape index (κ3) is 2.85. The number of carbonyl (C=O) groups is 1. The second-order valence-electron chi connectivity index (χ2n) is 4.43. The van der Waals surface area contributed by atoms with E-state index in [-0.39, 0.29) is 11.3 Å². The van der Waals surface area contributed by atoms with Crippen LogP contribution < -0.4 is 10.5 Å². The molecule has 19 heavy (non-hydrogen) atoms. The Balaban J connectivity index is 2.29. The zero-order valence-electron chi connectivity index (χ0n) is 10.8. The van der Waals surface area contributed by atoms with E-state index in [1.165, 1.54) is 12.1 Å². The van der Waals surface area contributed by atoms with Gasteiger partial charge in [0.15, 0.2) is 0 Å². The van der Waals surface area contributed by atoms with E-state index in [2.05, 4.69) is 0 Å². The molecule has 0 aliphatic heterocycles. The molecular formula is C15H15NO3. The molecule has 2 rings (SSSR count). The summed E-state index contributed by atoms with van der Waals surface area (Å²) < 4.78 is 5.71. The molecule has 0 saturated carbocycles. The number of carboxylic acid groups (broad SMARTS) is 1. The lowest BCUT2D eigenvalue weighted by Gasteiger charge is -2.10. The number of nitrogens with two attached hydrogens (primary N) is 1. The maximum atomic E-state index is 10.9. The first-order chi connectivity index (χ1) is 8.97. The normalized spacial score (nSPS) is 10.2. The van der Waals surface area contributed by atoms with Gasteiger partial charge in [0, 0.05) is 11.8 Å². The molecule has 2 aromatic carbocycles. The highest BCUT2D eigenvalue weighted by Gasteiger charge is 2.09. The van der Waals surface area contributed by atoms with Gasteiger partial charge in [0.25, 0.3) is 0 Å². The molecule has 3 N–H and O–H groups in total. The lowest BCUT2D eigenvalue weighted by atomic mass is 10.1. The quantitative estimate of drug-likeness (QED) is 0.827. The number of anilines is 1. The van der Waals surface area contributed by atoms with Gasteiger partial charge in [-0.2, -0.15) is 0 Å². The molecule has 0 bridgehead atoms. The van der Waals surface area contributed by atoms with E-state index in [0.29, 0.717) is 5.75 Å². The van der Waals surface area contributed by atoms with Crippen molar-refractivity contribution in [1.29, 1.82) is 0 Å². The average Bonchev–Trinajstić information content (AvgIpc) is 2.32. The molecule has 0 amide bonds. The van der Waals surface area contributed by atoms with Crippen LogP contribution in [0.2, 0.25) is 0 Å². The topological polar surface area (TPSA) is 72.5 Å². The predicted molar refractivity (Wildman–Crippen MR) is 73.8 cm³/mol. The molecule has 0 aliphatic carbocycles. The first-order valence-corrected chi connectivity index (χ1v) is 5.85. The Morgan fingerprint density at radius 1 is 1.16 bits per heavy atom. The summed E-state index contributed by atoms with van der Waals surface area (Å²) in [6, 6.07) is 10.4. The Bertz CT molecular complexity index is 635. The van der Waals surface area contributed by atoms with Crippen molar-refractivity contribution in [3.05, 3.63) is 53.1 Å². The first kappa shape index (κ1) is 13.0. The van der Waals surface area contributed by atoms with Crippen LogP contribution in [0.4, 0.5) is 5.69 Å². The number of hydrogen-bond donors (Lipinski definition) is 2. The molecule has 0 aromatic heterocycles. The lowest BCUT2D eigenvalue weighted by Crippen LogP contribution is -2.02. The van der Waals surface area contributed by atoms with Crippen LogP contribution in [-0.4, -0.2) is 11.1 Å². The predicted octanol–water partition coefficient (Wildman–Crippen LogP) is 3.38. The highest BCUT2D eigenvalue weighted by molar-refractivity contribution is 5.93. The van der Waals surface area contributed by atoms with E-state index in [0.717, 1.165) is 16.9 Å². The fourth-order valence-corrected chi connectivity index (χ4v) is 1.84. The van der Waals surface area contributed by atoms with Crippen LogP contribution in [0.25, 0.3) is 0 Å². The van der Waals surface area contributed by atoms with Gasteiger partial charge in [0.2, 0.25) is 0 Å². The van der Waals surface area contributed by atoms with E-state index >= 15 is 0 Å². The molecule has 0 fully saturated rings. The van der Waals surface area contributed by atoms with Gasteiger partial charge in [-0.05, 0) is 37.6 Å². The van der Waals surface area contributed by atoms with Crippen molar-refractivity contribution < 1.29 is 14.6 Å². The highest BCUT2D eigenvalue weighted by Crippen LogP contribution is 2.28. The molecule has 0 saturated heterocycles. The molecule has 2 aromatic rings. The second-order valence-corrected chi connectivity index (χ2v) is 4.43. The van der Waals surface area contributed by atoms with Crippen molar-refractivity contribution in [3.8, 4) is 11.5 Å². The minimum atomic E-state index is -1.05. The molecule has 0 heterocycles. The van der Waals surface area contributed by atoms with Gasteiger partial charge in [0.05, 0.1) is 5.56 Å². The Labute approximate surface area is 111 Å². The van der Waals surface area contributed by atoms with Crippen molar-refractivity contribution in [2.75, 3.05) is 5.73 Å². The van der Waals surface area contributed by atoms with Gasteiger partial charge in [0.1, 0.15) is 11.5 Å². The fourth-order valence-electron chi connectivity index (χ4n) is 1.84. The number of nitrogen functional groups attached to an aromatic ring is 1. The molecule has 0 spiro atoms. The van der Waals surface area contributed by atoms with Crippen LogP contribution in [0.15, 0.2) is 36.4 Å². The van der Waals surface area contributed by atoms with Crippen LogP contribution in [0.5, 0.6) is 11.5 Å². The maximum absolute atomic E-state index is 10.9. The monoisotopic (exact) mass is 257 g/mol. The molecule has 0 atom stereocenters. The number of carboxylic acids is 1. The van der Waals surface area contributed by atoms with Crippen LogP contribution in [0.1, 0.15) is 21.5 Å². The van der Waals surface area contributed by atoms with Crippen LogP contribution >= 0.6 is 0 Å². The lowest BCUT2D eigenvalue weighted by molar-refractivity contribution is 0.0698. The summed E-state index contributed by atoms with van der Waals surface area (Å²) in [5.74, 6) is 0.207. The summed E-state index contributed by atoms with van der Waals surface area (Å²) in [7, 11) is 0. The number of rotatable bonds is 3. The summed E-state index contributed by atoms with van der Waals surface area (Å²) in [5.41, 5.74) is 8.12. The standard InChI is InChI=1S/C15H15NO3/c1-9-3-6-14(10(2)7-9)19-11-4-5-12(15(17)18)13(16)8-11/h3-8H,16H2,1-2H3,(H,17,18). The second kappa shape index (κ2) is 5.02. The summed E-state index contributed by atoms with van der Waals surface area (Å²) in [4.78, 5) is 10.9. The van der Waals surface area contributed by atoms with E-state index < -0.39 is 5.97 Å². The van der Waals surface area contributed by atoms with Crippen molar-refractivity contribution in [2.24, 2.45) is 0 Å². The Kier molecular flexibility index (Phi) is 3.42. The number of benzene rings is 2. The van der Waals surface area contributed by atoms with Crippen molar-refractivity contribution in [3.63, 3.8) is 0 Å². The van der Waals surface area contributed by atoms with E-state index in [4.69, 9.17) is 15.6 Å². The number of hydrogen-bond acceptors (Lipinski definition) is 3. The van der Waals surface area contributed by atoms with Crippen molar-refractivity contribution in [1.82, 2.24) is 0 Å². The fraction of sp³-hybridized carbons (Fsp3) is 0.133. The van der Waals surface area contributed by atoms with Crippen molar-refractivity contribution in [2.45, 2.75) is 13.8 Å². The van der Waals surface area contributed by atoms with Gasteiger partial charge in [-0.3, -0.25) is 0 Å². The molecule has 0 aliphatic rings. The summed E-state index contributed by atoms with van der Waals surface area (Å²) in [5, 5.41) is 8.90. The van der Waals surface area contributed by atoms with Gasteiger partial charge >= 0.3 is 5.97 Å². The van der Waals surface area contributed by atoms with Gasteiger partial charge in [-0.25, -0.2) is 4.79 Å². The van der Waals surface area contributed by atoms with Crippen LogP contribution in [0.3, 0.4) is 0 Å². The van der Waals surface area contributed by atoms with E-state index in [9.17, 15) is 4.79 Å². The third-order valence-electron chi connectivity index (χ3n) is 2.81. The Morgan fingerprint density at radius 2 is 1.89 bits per heavy atom. The van der Waals surface area contributed by atoms with Gasteiger partial charge < -0.3 is 15.6 Å². The maximum Gasteiger partial charge on any atom is 0.337 e. The highest BCUT2D eigenvalue weighted by atomic mass is 16.5. The molecule has 0 unspecified atom stereocenters. The smallest absolute Gasteiger partial charge is 0.337 e. The van der Waals surface area contributed by atoms with E-state index in [1.54, 1.807) is 6.07 Å². The number of aromatic carboxylic acids is 1. The molecular weight excluding hydrogens is 242 g/mol. The molecule has 4 nitrogen and oxygen atoms in total. The largest absolute Gasteiger partial charge is 0.478 e. The SMILES string of the molecule is Cc1ccc(Oc2ccc(C(=O)O)c(N)c2)c(C)c1. The van der Waals surface area contributed by atoms with Gasteiger partial charge in [-0.1, -0.05) is 17.7 Å². The number of ether oxygens (including phenoxy) is 1. The minimum Gasteiger partial charge on any atom is -0.478 e. The average molecular weight is 257 g/mol. The minimum absolute atomic E-state index is 0.0768. The van der Waals surface area contributed by atoms with Gasteiger partial charge in [-0.15, -0.1) is 0 Å².